The van der Waals surface area contributed by atoms with Crippen LogP contribution in [0.4, 0.5) is 0 Å². The van der Waals surface area contributed by atoms with E-state index in [1.807, 2.05) is 26.0 Å². The van der Waals surface area contributed by atoms with Crippen LogP contribution in [0.25, 0.3) is 5.52 Å². The number of hydrogen-bond donors (Lipinski definition) is 1. The van der Waals surface area contributed by atoms with Crippen LogP contribution in [-0.2, 0) is 4.79 Å². The van der Waals surface area contributed by atoms with Gasteiger partial charge in [0.15, 0.2) is 0 Å². The van der Waals surface area contributed by atoms with E-state index in [0.29, 0.717) is 0 Å². The van der Waals surface area contributed by atoms with Crippen LogP contribution in [0, 0.1) is 6.92 Å². The number of aryl methyl sites for hydroxylation is 1. The highest BCUT2D eigenvalue weighted by molar-refractivity contribution is 5.69. The molecule has 1 atom stereocenters. The lowest BCUT2D eigenvalue weighted by Gasteiger charge is -2.05. The number of carbonyl (C=O) groups is 1. The molecule has 0 radical (unpaired) electrons. The number of carboxylic acid groups (broad SMARTS) is 1. The minimum atomic E-state index is -0.810. The molecule has 2 aromatic heterocycles. The first-order valence-electron chi connectivity index (χ1n) is 5.11. The first-order chi connectivity index (χ1) is 7.59. The van der Waals surface area contributed by atoms with Crippen LogP contribution < -0.4 is 0 Å². The van der Waals surface area contributed by atoms with E-state index >= 15 is 0 Å². The third kappa shape index (κ3) is 1.76. The highest BCUT2D eigenvalue weighted by Crippen LogP contribution is 2.23. The zero-order valence-corrected chi connectivity index (χ0v) is 9.21. The molecule has 0 aromatic carbocycles. The average Bonchev–Trinajstić information content (AvgIpc) is 2.56. The molecule has 0 aliphatic carbocycles. The normalized spacial score (nSPS) is 12.9. The Hall–Kier alpha value is -1.91. The Morgan fingerprint density at radius 2 is 2.38 bits per heavy atom. The van der Waals surface area contributed by atoms with Gasteiger partial charge in [0.1, 0.15) is 5.82 Å². The van der Waals surface area contributed by atoms with Gasteiger partial charge in [-0.1, -0.05) is 6.92 Å². The zero-order chi connectivity index (χ0) is 11.7. The maximum absolute atomic E-state index is 10.7. The molecular weight excluding hydrogens is 206 g/mol. The van der Waals surface area contributed by atoms with Crippen LogP contribution in [0.2, 0.25) is 0 Å². The van der Waals surface area contributed by atoms with Crippen molar-refractivity contribution in [3.63, 3.8) is 0 Å². The van der Waals surface area contributed by atoms with Crippen LogP contribution in [0.5, 0.6) is 0 Å². The van der Waals surface area contributed by atoms with Crippen molar-refractivity contribution < 1.29 is 9.90 Å². The second-order valence-electron chi connectivity index (χ2n) is 3.86. The Balaban J connectivity index is 2.48. The van der Waals surface area contributed by atoms with Gasteiger partial charge in [-0.25, -0.2) is 9.50 Å². The van der Waals surface area contributed by atoms with Crippen molar-refractivity contribution in [3.8, 4) is 0 Å². The number of rotatable bonds is 3. The van der Waals surface area contributed by atoms with E-state index in [4.69, 9.17) is 5.11 Å². The molecule has 2 heterocycles. The second kappa shape index (κ2) is 3.92. The van der Waals surface area contributed by atoms with E-state index in [1.165, 1.54) is 0 Å². The van der Waals surface area contributed by atoms with Crippen LogP contribution in [-0.4, -0.2) is 25.7 Å². The largest absolute Gasteiger partial charge is 0.481 e. The molecule has 2 aromatic rings. The van der Waals surface area contributed by atoms with Crippen molar-refractivity contribution >= 4 is 11.5 Å². The van der Waals surface area contributed by atoms with Gasteiger partial charge in [0.2, 0.25) is 0 Å². The molecule has 0 saturated carbocycles. The van der Waals surface area contributed by atoms with Gasteiger partial charge in [-0.05, 0) is 19.1 Å². The Morgan fingerprint density at radius 3 is 3.06 bits per heavy atom. The van der Waals surface area contributed by atoms with Gasteiger partial charge in [-0.2, -0.15) is 5.10 Å². The van der Waals surface area contributed by atoms with E-state index in [9.17, 15) is 4.79 Å². The summed E-state index contributed by atoms with van der Waals surface area (Å²) >= 11 is 0. The number of aromatic nitrogens is 3. The van der Waals surface area contributed by atoms with E-state index in [2.05, 4.69) is 10.1 Å². The third-order valence-corrected chi connectivity index (χ3v) is 2.55. The predicted molar refractivity (Wildman–Crippen MR) is 58.4 cm³/mol. The highest BCUT2D eigenvalue weighted by Gasteiger charge is 2.17. The summed E-state index contributed by atoms with van der Waals surface area (Å²) in [5.74, 6) is -0.136. The summed E-state index contributed by atoms with van der Waals surface area (Å²) in [6.07, 6.45) is 1.77. The molecule has 0 aliphatic rings. The average molecular weight is 219 g/mol. The van der Waals surface area contributed by atoms with Crippen molar-refractivity contribution in [1.29, 1.82) is 0 Å². The van der Waals surface area contributed by atoms with Gasteiger partial charge in [-0.15, -0.1) is 0 Å². The van der Waals surface area contributed by atoms with Gasteiger partial charge in [0.25, 0.3) is 0 Å². The molecule has 0 amide bonds. The smallest absolute Gasteiger partial charge is 0.304 e. The second-order valence-corrected chi connectivity index (χ2v) is 3.86. The lowest BCUT2D eigenvalue weighted by molar-refractivity contribution is -0.137. The summed E-state index contributed by atoms with van der Waals surface area (Å²) in [5.41, 5.74) is 1.68. The number of fused-ring (bicyclic) bond motifs is 1. The molecule has 1 N–H and O–H groups in total. The van der Waals surface area contributed by atoms with Crippen LogP contribution >= 0.6 is 0 Å². The molecule has 0 spiro atoms. The number of aliphatic carboxylic acids is 1. The van der Waals surface area contributed by atoms with Crippen LogP contribution in [0.1, 0.15) is 30.8 Å². The van der Waals surface area contributed by atoms with E-state index in [0.717, 1.165) is 17.0 Å². The van der Waals surface area contributed by atoms with Gasteiger partial charge in [-0.3, -0.25) is 4.79 Å². The molecule has 1 unspecified atom stereocenters. The minimum Gasteiger partial charge on any atom is -0.481 e. The van der Waals surface area contributed by atoms with Crippen LogP contribution in [0.3, 0.4) is 0 Å². The monoisotopic (exact) mass is 219 g/mol. The van der Waals surface area contributed by atoms with E-state index in [1.54, 1.807) is 10.7 Å². The molecule has 0 aliphatic heterocycles. The van der Waals surface area contributed by atoms with Crippen molar-refractivity contribution in [2.45, 2.75) is 26.2 Å². The summed E-state index contributed by atoms with van der Waals surface area (Å²) in [6.45, 7) is 3.72. The Kier molecular flexibility index (Phi) is 2.60. The summed E-state index contributed by atoms with van der Waals surface area (Å²) in [5, 5.41) is 12.9. The zero-order valence-electron chi connectivity index (χ0n) is 9.21. The molecular formula is C11H13N3O2. The fourth-order valence-corrected chi connectivity index (χ4v) is 1.82. The molecule has 0 fully saturated rings. The maximum Gasteiger partial charge on any atom is 0.304 e. The van der Waals surface area contributed by atoms with Gasteiger partial charge in [0, 0.05) is 12.1 Å². The molecule has 2 rings (SSSR count). The lowest BCUT2D eigenvalue weighted by Crippen LogP contribution is -2.03. The minimum absolute atomic E-state index is 0.0843. The number of hydrogen-bond acceptors (Lipinski definition) is 3. The van der Waals surface area contributed by atoms with Gasteiger partial charge < -0.3 is 5.11 Å². The molecule has 16 heavy (non-hydrogen) atoms. The predicted octanol–water partition coefficient (Wildman–Crippen LogP) is 1.62. The molecule has 5 nitrogen and oxygen atoms in total. The first-order valence-corrected chi connectivity index (χ1v) is 5.11. The summed E-state index contributed by atoms with van der Waals surface area (Å²) in [6, 6.07) is 3.73. The first kappa shape index (κ1) is 10.6. The third-order valence-electron chi connectivity index (χ3n) is 2.55. The van der Waals surface area contributed by atoms with E-state index < -0.39 is 5.97 Å². The summed E-state index contributed by atoms with van der Waals surface area (Å²) < 4.78 is 1.73. The number of imidazole rings is 1. The number of nitrogens with zero attached hydrogens (tertiary/aromatic N) is 3. The summed E-state index contributed by atoms with van der Waals surface area (Å²) in [7, 11) is 0. The molecule has 0 bridgehead atoms. The fraction of sp³-hybridized carbons (Fsp3) is 0.364. The van der Waals surface area contributed by atoms with Gasteiger partial charge >= 0.3 is 5.97 Å². The van der Waals surface area contributed by atoms with Gasteiger partial charge in [0.05, 0.1) is 17.6 Å². The number of carboxylic acids is 1. The fourth-order valence-electron chi connectivity index (χ4n) is 1.82. The Labute approximate surface area is 92.7 Å². The van der Waals surface area contributed by atoms with E-state index in [-0.39, 0.29) is 12.3 Å². The summed E-state index contributed by atoms with van der Waals surface area (Å²) in [4.78, 5) is 15.1. The highest BCUT2D eigenvalue weighted by atomic mass is 16.4. The quantitative estimate of drug-likeness (QED) is 0.851. The maximum atomic E-state index is 10.7. The molecule has 0 saturated heterocycles. The lowest BCUT2D eigenvalue weighted by atomic mass is 10.0. The van der Waals surface area contributed by atoms with Crippen molar-refractivity contribution in [2.75, 3.05) is 0 Å². The standard InChI is InChI=1S/C11H13N3O2/c1-7(6-10(15)16)11-9-4-3-5-12-14(9)8(2)13-11/h3-5,7H,6H2,1-2H3,(H,15,16). The molecule has 5 heteroatoms. The molecule has 84 valence electrons. The van der Waals surface area contributed by atoms with Crippen molar-refractivity contribution in [1.82, 2.24) is 14.6 Å². The topological polar surface area (TPSA) is 67.5 Å². The Morgan fingerprint density at radius 1 is 1.62 bits per heavy atom. The SMILES string of the molecule is Cc1nc(C(C)CC(=O)O)c2cccnn12. The van der Waals surface area contributed by atoms with Crippen molar-refractivity contribution in [3.05, 3.63) is 29.8 Å². The Bertz CT molecular complexity index is 533. The van der Waals surface area contributed by atoms with Crippen molar-refractivity contribution in [2.24, 2.45) is 0 Å². The van der Waals surface area contributed by atoms with Crippen LogP contribution in [0.15, 0.2) is 18.3 Å².